The van der Waals surface area contributed by atoms with Gasteiger partial charge in [-0.25, -0.2) is 8.42 Å². The van der Waals surface area contributed by atoms with E-state index in [2.05, 4.69) is 5.32 Å². The minimum absolute atomic E-state index is 0.0605. The molecule has 192 valence electrons. The maximum absolute atomic E-state index is 13.6. The first-order chi connectivity index (χ1) is 16.5. The number of nitrogens with one attached hydrogen (secondary N) is 1. The minimum atomic E-state index is -3.88. The van der Waals surface area contributed by atoms with Crippen molar-refractivity contribution in [1.82, 2.24) is 10.2 Å². The zero-order valence-electron chi connectivity index (χ0n) is 21.1. The SMILES string of the molecule is CC[C@@H](C)NC(=O)[C@H](C)N(Cc1ccccc1)C(=O)CN(c1ccc(OC)cc1OC)S(C)(=O)=O. The summed E-state index contributed by atoms with van der Waals surface area (Å²) >= 11 is 0. The summed E-state index contributed by atoms with van der Waals surface area (Å²) in [7, 11) is -0.984. The fourth-order valence-electron chi connectivity index (χ4n) is 3.41. The topological polar surface area (TPSA) is 105 Å². The van der Waals surface area contributed by atoms with E-state index in [0.717, 1.165) is 22.5 Å². The first-order valence-electron chi connectivity index (χ1n) is 11.3. The Morgan fingerprint density at radius 3 is 2.23 bits per heavy atom. The Morgan fingerprint density at radius 2 is 1.69 bits per heavy atom. The van der Waals surface area contributed by atoms with E-state index in [1.54, 1.807) is 19.1 Å². The average molecular weight is 506 g/mol. The predicted molar refractivity (Wildman–Crippen MR) is 136 cm³/mol. The molecule has 2 aromatic rings. The quantitative estimate of drug-likeness (QED) is 0.476. The first-order valence-corrected chi connectivity index (χ1v) is 13.2. The van der Waals surface area contributed by atoms with E-state index < -0.39 is 28.5 Å². The summed E-state index contributed by atoms with van der Waals surface area (Å²) in [5.41, 5.74) is 1.01. The van der Waals surface area contributed by atoms with Crippen LogP contribution in [-0.2, 0) is 26.2 Å². The molecule has 0 aromatic heterocycles. The van der Waals surface area contributed by atoms with Crippen LogP contribution in [0.15, 0.2) is 48.5 Å². The molecule has 35 heavy (non-hydrogen) atoms. The molecule has 2 aromatic carbocycles. The van der Waals surface area contributed by atoms with Crippen molar-refractivity contribution in [1.29, 1.82) is 0 Å². The van der Waals surface area contributed by atoms with Crippen LogP contribution in [0.1, 0.15) is 32.8 Å². The highest BCUT2D eigenvalue weighted by Crippen LogP contribution is 2.33. The van der Waals surface area contributed by atoms with Crippen molar-refractivity contribution < 1.29 is 27.5 Å². The normalized spacial score (nSPS) is 12.9. The number of amides is 2. The molecule has 0 saturated carbocycles. The van der Waals surface area contributed by atoms with Crippen molar-refractivity contribution in [2.75, 3.05) is 31.3 Å². The Labute approximate surface area is 208 Å². The van der Waals surface area contributed by atoms with Crippen molar-refractivity contribution >= 4 is 27.5 Å². The van der Waals surface area contributed by atoms with Gasteiger partial charge in [-0.2, -0.15) is 0 Å². The second-order valence-electron chi connectivity index (χ2n) is 8.31. The molecule has 0 aliphatic heterocycles. The Kier molecular flexibility index (Phi) is 9.94. The molecule has 0 aliphatic carbocycles. The highest BCUT2D eigenvalue weighted by molar-refractivity contribution is 7.92. The van der Waals surface area contributed by atoms with Gasteiger partial charge in [-0.1, -0.05) is 37.3 Å². The third kappa shape index (κ3) is 7.61. The van der Waals surface area contributed by atoms with Crippen molar-refractivity contribution in [2.45, 2.75) is 45.8 Å². The van der Waals surface area contributed by atoms with Gasteiger partial charge in [0.05, 0.1) is 26.2 Å². The summed E-state index contributed by atoms with van der Waals surface area (Å²) in [5.74, 6) is -0.119. The van der Waals surface area contributed by atoms with Gasteiger partial charge in [-0.3, -0.25) is 13.9 Å². The summed E-state index contributed by atoms with van der Waals surface area (Å²) < 4.78 is 37.0. The third-order valence-corrected chi connectivity index (χ3v) is 6.83. The van der Waals surface area contributed by atoms with Gasteiger partial charge in [0.1, 0.15) is 24.1 Å². The summed E-state index contributed by atoms with van der Waals surface area (Å²) in [5, 5.41) is 2.90. The summed E-state index contributed by atoms with van der Waals surface area (Å²) in [6.45, 7) is 5.11. The van der Waals surface area contributed by atoms with E-state index in [-0.39, 0.29) is 29.9 Å². The first kappa shape index (κ1) is 28.0. The van der Waals surface area contributed by atoms with Crippen molar-refractivity contribution in [2.24, 2.45) is 0 Å². The summed E-state index contributed by atoms with van der Waals surface area (Å²) in [4.78, 5) is 27.9. The number of rotatable bonds is 12. The third-order valence-electron chi connectivity index (χ3n) is 5.70. The summed E-state index contributed by atoms with van der Waals surface area (Å²) in [6, 6.07) is 13.0. The van der Waals surface area contributed by atoms with Gasteiger partial charge in [-0.15, -0.1) is 0 Å². The number of anilines is 1. The molecule has 2 rings (SSSR count). The zero-order chi connectivity index (χ0) is 26.2. The molecule has 1 N–H and O–H groups in total. The van der Waals surface area contributed by atoms with Gasteiger partial charge < -0.3 is 19.7 Å². The number of hydrogen-bond donors (Lipinski definition) is 1. The monoisotopic (exact) mass is 505 g/mol. The van der Waals surface area contributed by atoms with E-state index >= 15 is 0 Å². The van der Waals surface area contributed by atoms with Crippen LogP contribution in [0.4, 0.5) is 5.69 Å². The number of benzene rings is 2. The maximum Gasteiger partial charge on any atom is 0.244 e. The largest absolute Gasteiger partial charge is 0.497 e. The number of carbonyl (C=O) groups is 2. The Hall–Kier alpha value is -3.27. The van der Waals surface area contributed by atoms with Gasteiger partial charge in [0.2, 0.25) is 21.8 Å². The summed E-state index contributed by atoms with van der Waals surface area (Å²) in [6.07, 6.45) is 1.76. The molecular weight excluding hydrogens is 470 g/mol. The Morgan fingerprint density at radius 1 is 1.03 bits per heavy atom. The van der Waals surface area contributed by atoms with Crippen molar-refractivity contribution in [3.63, 3.8) is 0 Å². The highest BCUT2D eigenvalue weighted by atomic mass is 32.2. The molecule has 9 nitrogen and oxygen atoms in total. The fourth-order valence-corrected chi connectivity index (χ4v) is 4.27. The van der Waals surface area contributed by atoms with E-state index in [4.69, 9.17) is 9.47 Å². The number of hydrogen-bond acceptors (Lipinski definition) is 6. The highest BCUT2D eigenvalue weighted by Gasteiger charge is 2.31. The molecule has 0 unspecified atom stereocenters. The number of methoxy groups -OCH3 is 2. The van der Waals surface area contributed by atoms with Crippen LogP contribution < -0.4 is 19.1 Å². The van der Waals surface area contributed by atoms with Gasteiger partial charge in [-0.05, 0) is 38.0 Å². The van der Waals surface area contributed by atoms with Gasteiger partial charge in [0, 0.05) is 18.7 Å². The predicted octanol–water partition coefficient (Wildman–Crippen LogP) is 2.80. The van der Waals surface area contributed by atoms with Crippen LogP contribution in [0, 0.1) is 0 Å². The molecule has 0 spiro atoms. The molecule has 0 aliphatic rings. The van der Waals surface area contributed by atoms with Crippen LogP contribution in [0.3, 0.4) is 0 Å². The molecule has 2 amide bonds. The molecule has 0 fully saturated rings. The smallest absolute Gasteiger partial charge is 0.244 e. The number of carbonyl (C=O) groups excluding carboxylic acids is 2. The van der Waals surface area contributed by atoms with Gasteiger partial charge >= 0.3 is 0 Å². The molecule has 2 atom stereocenters. The lowest BCUT2D eigenvalue weighted by atomic mass is 10.1. The fraction of sp³-hybridized carbons (Fsp3) is 0.440. The van der Waals surface area contributed by atoms with Gasteiger partial charge in [0.25, 0.3) is 0 Å². The van der Waals surface area contributed by atoms with E-state index in [1.807, 2.05) is 44.2 Å². The van der Waals surface area contributed by atoms with Crippen LogP contribution in [-0.4, -0.2) is 64.2 Å². The van der Waals surface area contributed by atoms with Crippen LogP contribution >= 0.6 is 0 Å². The lowest BCUT2D eigenvalue weighted by Gasteiger charge is -2.32. The molecule has 0 heterocycles. The van der Waals surface area contributed by atoms with Crippen LogP contribution in [0.2, 0.25) is 0 Å². The molecule has 0 saturated heterocycles. The van der Waals surface area contributed by atoms with Crippen molar-refractivity contribution in [3.8, 4) is 11.5 Å². The lowest BCUT2D eigenvalue weighted by Crippen LogP contribution is -2.52. The Balaban J connectivity index is 2.43. The van der Waals surface area contributed by atoms with E-state index in [9.17, 15) is 18.0 Å². The Bertz CT molecular complexity index is 1110. The number of nitrogens with zero attached hydrogens (tertiary/aromatic N) is 2. The second-order valence-corrected chi connectivity index (χ2v) is 10.2. The number of ether oxygens (including phenoxy) is 2. The lowest BCUT2D eigenvalue weighted by molar-refractivity contribution is -0.139. The van der Waals surface area contributed by atoms with Gasteiger partial charge in [0.15, 0.2) is 0 Å². The molecular formula is C25H35N3O6S. The average Bonchev–Trinajstić information content (AvgIpc) is 2.84. The molecule has 0 bridgehead atoms. The van der Waals surface area contributed by atoms with Crippen LogP contribution in [0.25, 0.3) is 0 Å². The maximum atomic E-state index is 13.6. The van der Waals surface area contributed by atoms with E-state index in [1.165, 1.54) is 25.2 Å². The zero-order valence-corrected chi connectivity index (χ0v) is 22.0. The molecule has 10 heteroatoms. The second kappa shape index (κ2) is 12.4. The number of sulfonamides is 1. The van der Waals surface area contributed by atoms with Crippen molar-refractivity contribution in [3.05, 3.63) is 54.1 Å². The van der Waals surface area contributed by atoms with E-state index in [0.29, 0.717) is 5.75 Å². The minimum Gasteiger partial charge on any atom is -0.497 e. The standard InChI is InChI=1S/C25H35N3O6S/c1-7-18(2)26-25(30)19(3)27(16-20-11-9-8-10-12-20)24(29)17-28(35(6,31)32)22-14-13-21(33-4)15-23(22)34-5/h8-15,18-19H,7,16-17H2,1-6H3,(H,26,30)/t18-,19+/m1/s1. The van der Waals surface area contributed by atoms with Crippen LogP contribution in [0.5, 0.6) is 11.5 Å². The molecule has 0 radical (unpaired) electrons.